The van der Waals surface area contributed by atoms with Gasteiger partial charge in [0.2, 0.25) is 0 Å². The molecule has 8 nitrogen and oxygen atoms in total. The Hall–Kier alpha value is -1.22. The van der Waals surface area contributed by atoms with Crippen molar-refractivity contribution in [2.75, 3.05) is 0 Å². The lowest BCUT2D eigenvalue weighted by molar-refractivity contribution is -0.956. The van der Waals surface area contributed by atoms with Crippen LogP contribution in [0.2, 0.25) is 0 Å². The van der Waals surface area contributed by atoms with Crippen molar-refractivity contribution in [1.29, 1.82) is 0 Å². The largest absolute Gasteiger partial charge is 0.634 e. The maximum Gasteiger partial charge on any atom is 0.320 e. The molecule has 0 radical (unpaired) electrons. The minimum absolute atomic E-state index is 0.171. The lowest BCUT2D eigenvalue weighted by Gasteiger charge is -2.54. The van der Waals surface area contributed by atoms with Crippen LogP contribution in [0.4, 0.5) is 0 Å². The number of hydrogen-bond acceptors (Lipinski definition) is 7. The number of esters is 2. The van der Waals surface area contributed by atoms with E-state index in [1.165, 1.54) is 5.06 Å². The number of carbonyl (C=O) groups excluding carboxylic acids is 2. The van der Waals surface area contributed by atoms with Crippen LogP contribution in [-0.2, 0) is 19.1 Å². The molecule has 2 saturated heterocycles. The molecule has 0 aliphatic carbocycles. The average Bonchev–Trinajstić information content (AvgIpc) is 2.63. The third-order valence-electron chi connectivity index (χ3n) is 7.29. The molecular formula is C25H46N2O6. The second kappa shape index (κ2) is 9.80. The van der Waals surface area contributed by atoms with Crippen molar-refractivity contribution in [2.24, 2.45) is 5.92 Å². The number of unbranched alkanes of at least 4 members (excludes halogenated alkanes) is 1. The van der Waals surface area contributed by atoms with Crippen LogP contribution in [0.15, 0.2) is 0 Å². The first-order valence-electron chi connectivity index (χ1n) is 12.4. The fourth-order valence-corrected chi connectivity index (χ4v) is 5.89. The fraction of sp³-hybridized carbons (Fsp3) is 0.920. The van der Waals surface area contributed by atoms with Gasteiger partial charge in [-0.1, -0.05) is 19.8 Å². The van der Waals surface area contributed by atoms with Crippen molar-refractivity contribution >= 4 is 11.9 Å². The molecule has 0 spiro atoms. The number of hydrogen-bond donors (Lipinski definition) is 2. The summed E-state index contributed by atoms with van der Waals surface area (Å²) < 4.78 is 11.7. The van der Waals surface area contributed by atoms with Gasteiger partial charge in [-0.2, -0.15) is 5.06 Å². The summed E-state index contributed by atoms with van der Waals surface area (Å²) in [5.74, 6) is -2.09. The second-order valence-electron chi connectivity index (χ2n) is 12.7. The van der Waals surface area contributed by atoms with Crippen molar-refractivity contribution in [3.63, 3.8) is 0 Å². The lowest BCUT2D eigenvalue weighted by atomic mass is 9.80. The molecule has 0 amide bonds. The topological polar surface area (TPSA) is 104 Å². The fourth-order valence-electron chi connectivity index (χ4n) is 5.89. The van der Waals surface area contributed by atoms with E-state index in [4.69, 9.17) is 9.47 Å². The first-order chi connectivity index (χ1) is 14.9. The van der Waals surface area contributed by atoms with E-state index in [1.807, 2.05) is 62.3 Å². The van der Waals surface area contributed by atoms with Crippen molar-refractivity contribution in [3.05, 3.63) is 5.21 Å². The molecular weight excluding hydrogens is 424 g/mol. The number of quaternary nitrogens is 1. The molecule has 0 aromatic heterocycles. The first kappa shape index (κ1) is 28.0. The zero-order chi connectivity index (χ0) is 25.4. The summed E-state index contributed by atoms with van der Waals surface area (Å²) in [4.78, 5) is 26.3. The van der Waals surface area contributed by atoms with E-state index < -0.39 is 52.2 Å². The van der Waals surface area contributed by atoms with Crippen LogP contribution in [0.1, 0.15) is 107 Å². The molecule has 2 rings (SSSR count). The standard InChI is InChI=1S/C25H46N2O6/c1-10-11-12-19(20(28)32-17-13-22(2,3)26(30)23(4,5)14-17)21(29)33-18-15-24(6,7)27(31)25(8,9)16-18/h17-19,26,31H,10-16H2,1-9H3. The SMILES string of the molecule is CCCCC(C(=O)OC1CC(C)(C)N(O)C(C)(C)C1)C(=O)OC1CC(C)(C)[NH+]([O-])C(C)(C)C1. The summed E-state index contributed by atoms with van der Waals surface area (Å²) in [5, 5.41) is 24.7. The third-order valence-corrected chi connectivity index (χ3v) is 7.29. The Bertz CT molecular complexity index is 626. The average molecular weight is 471 g/mol. The molecule has 2 fully saturated rings. The summed E-state index contributed by atoms with van der Waals surface area (Å²) in [6, 6.07) is 0. The van der Waals surface area contributed by atoms with Gasteiger partial charge in [-0.3, -0.25) is 9.59 Å². The van der Waals surface area contributed by atoms with Crippen molar-refractivity contribution in [2.45, 2.75) is 142 Å². The van der Waals surface area contributed by atoms with Crippen LogP contribution in [0.3, 0.4) is 0 Å². The van der Waals surface area contributed by atoms with Gasteiger partial charge in [-0.05, 0) is 61.8 Å². The van der Waals surface area contributed by atoms with Crippen LogP contribution in [0, 0.1) is 11.1 Å². The molecule has 2 aliphatic heterocycles. The van der Waals surface area contributed by atoms with E-state index in [0.29, 0.717) is 38.5 Å². The first-order valence-corrected chi connectivity index (χ1v) is 12.4. The Balaban J connectivity index is 2.12. The Morgan fingerprint density at radius 1 is 0.909 bits per heavy atom. The second-order valence-corrected chi connectivity index (χ2v) is 12.7. The summed E-state index contributed by atoms with van der Waals surface area (Å²) in [6.45, 7) is 17.2. The molecule has 2 aliphatic rings. The molecule has 2 heterocycles. The molecule has 0 saturated carbocycles. The van der Waals surface area contributed by atoms with E-state index in [2.05, 4.69) is 0 Å². The van der Waals surface area contributed by atoms with Crippen LogP contribution < -0.4 is 5.06 Å². The predicted molar refractivity (Wildman–Crippen MR) is 126 cm³/mol. The van der Waals surface area contributed by atoms with Gasteiger partial charge in [-0.25, -0.2) is 0 Å². The van der Waals surface area contributed by atoms with Crippen molar-refractivity contribution in [3.8, 4) is 0 Å². The van der Waals surface area contributed by atoms with Gasteiger partial charge in [0.05, 0.1) is 11.1 Å². The molecule has 33 heavy (non-hydrogen) atoms. The minimum atomic E-state index is -0.979. The van der Waals surface area contributed by atoms with Gasteiger partial charge < -0.3 is 25.0 Å². The number of rotatable bonds is 7. The highest BCUT2D eigenvalue weighted by Crippen LogP contribution is 2.38. The van der Waals surface area contributed by atoms with E-state index in [1.54, 1.807) is 0 Å². The van der Waals surface area contributed by atoms with Crippen LogP contribution in [0.5, 0.6) is 0 Å². The summed E-state index contributed by atoms with van der Waals surface area (Å²) >= 11 is 0. The highest BCUT2D eigenvalue weighted by molar-refractivity contribution is 5.95. The highest BCUT2D eigenvalue weighted by Gasteiger charge is 2.49. The Morgan fingerprint density at radius 3 is 1.70 bits per heavy atom. The highest BCUT2D eigenvalue weighted by atomic mass is 16.6. The Labute approximate surface area is 199 Å². The molecule has 0 aromatic carbocycles. The Morgan fingerprint density at radius 2 is 1.30 bits per heavy atom. The Kier molecular flexibility index (Phi) is 8.32. The number of nitrogens with zero attached hydrogens (tertiary/aromatic N) is 1. The summed E-state index contributed by atoms with van der Waals surface area (Å²) in [7, 11) is 0. The van der Waals surface area contributed by atoms with E-state index in [9.17, 15) is 20.0 Å². The van der Waals surface area contributed by atoms with Gasteiger partial charge >= 0.3 is 11.9 Å². The lowest BCUT2D eigenvalue weighted by Crippen LogP contribution is -3.23. The number of piperidine rings is 2. The van der Waals surface area contributed by atoms with Crippen molar-refractivity contribution in [1.82, 2.24) is 5.06 Å². The van der Waals surface area contributed by atoms with Gasteiger partial charge in [0.15, 0.2) is 5.92 Å². The van der Waals surface area contributed by atoms with E-state index >= 15 is 0 Å². The zero-order valence-electron chi connectivity index (χ0n) is 22.1. The van der Waals surface area contributed by atoms with Gasteiger partial charge in [0.1, 0.15) is 12.2 Å². The van der Waals surface area contributed by atoms with Crippen molar-refractivity contribution < 1.29 is 29.3 Å². The molecule has 1 unspecified atom stereocenters. The summed E-state index contributed by atoms with van der Waals surface area (Å²) in [5.41, 5.74) is -2.28. The monoisotopic (exact) mass is 470 g/mol. The predicted octanol–water partition coefficient (Wildman–Crippen LogP) is 3.39. The molecule has 0 bridgehead atoms. The molecule has 0 aromatic rings. The molecule has 192 valence electrons. The maximum absolute atomic E-state index is 13.2. The number of hydroxylamine groups is 4. The third kappa shape index (κ3) is 6.47. The van der Waals surface area contributed by atoms with E-state index in [-0.39, 0.29) is 5.06 Å². The summed E-state index contributed by atoms with van der Waals surface area (Å²) in [6.07, 6.45) is 2.97. The van der Waals surface area contributed by atoms with E-state index in [0.717, 1.165) is 6.42 Å². The number of carbonyl (C=O) groups is 2. The normalized spacial score (nSPS) is 29.8. The molecule has 8 heteroatoms. The van der Waals surface area contributed by atoms with Gasteiger partial charge in [-0.15, -0.1) is 0 Å². The quantitative estimate of drug-likeness (QED) is 0.334. The van der Waals surface area contributed by atoms with Crippen LogP contribution in [-0.4, -0.2) is 56.6 Å². The van der Waals surface area contributed by atoms with Gasteiger partial charge in [0.25, 0.3) is 0 Å². The van der Waals surface area contributed by atoms with Crippen LogP contribution >= 0.6 is 0 Å². The molecule has 2 N–H and O–H groups in total. The zero-order valence-corrected chi connectivity index (χ0v) is 22.1. The van der Waals surface area contributed by atoms with Gasteiger partial charge in [0, 0.05) is 36.8 Å². The number of nitrogens with one attached hydrogen (secondary N) is 1. The maximum atomic E-state index is 13.2. The van der Waals surface area contributed by atoms with Crippen LogP contribution in [0.25, 0.3) is 0 Å². The smallest absolute Gasteiger partial charge is 0.320 e. The number of ether oxygens (including phenoxy) is 2. The minimum Gasteiger partial charge on any atom is -0.634 e. The molecule has 1 atom stereocenters.